The second-order valence-corrected chi connectivity index (χ2v) is 8.59. The lowest BCUT2D eigenvalue weighted by Gasteiger charge is -2.24. The molecule has 1 N–H and O–H groups in total. The van der Waals surface area contributed by atoms with Crippen molar-refractivity contribution in [3.8, 4) is 5.75 Å². The van der Waals surface area contributed by atoms with E-state index in [4.69, 9.17) is 4.74 Å². The van der Waals surface area contributed by atoms with E-state index < -0.39 is 15.9 Å². The lowest BCUT2D eigenvalue weighted by molar-refractivity contribution is 0.102. The molecule has 0 aliphatic carbocycles. The standard InChI is InChI=1S/C23H24N2O4S/c1-3-29-20-15-13-19(14-16-20)24-23(26)21-11-7-8-12-22(21)25(30(2,27)28)17-18-9-5-4-6-10-18/h4-16H,3,17H2,1-2H3,(H,24,26). The van der Waals surface area contributed by atoms with Gasteiger partial charge in [-0.3, -0.25) is 9.10 Å². The summed E-state index contributed by atoms with van der Waals surface area (Å²) in [6.45, 7) is 2.59. The summed E-state index contributed by atoms with van der Waals surface area (Å²) < 4.78 is 31.8. The molecular formula is C23H24N2O4S. The van der Waals surface area contributed by atoms with Gasteiger partial charge in [-0.2, -0.15) is 0 Å². The second kappa shape index (κ2) is 9.45. The molecule has 0 heterocycles. The maximum atomic E-state index is 13.0. The van der Waals surface area contributed by atoms with Gasteiger partial charge >= 0.3 is 0 Å². The maximum absolute atomic E-state index is 13.0. The Morgan fingerprint density at radius 1 is 0.933 bits per heavy atom. The van der Waals surface area contributed by atoms with E-state index in [1.165, 1.54) is 4.31 Å². The molecule has 0 fully saturated rings. The van der Waals surface area contributed by atoms with E-state index in [0.717, 1.165) is 11.8 Å². The largest absolute Gasteiger partial charge is 0.494 e. The number of rotatable bonds is 8. The van der Waals surface area contributed by atoms with Gasteiger partial charge in [0.2, 0.25) is 10.0 Å². The Hall–Kier alpha value is -3.32. The van der Waals surface area contributed by atoms with E-state index in [2.05, 4.69) is 5.32 Å². The third-order valence-electron chi connectivity index (χ3n) is 4.41. The number of carbonyl (C=O) groups is 1. The number of ether oxygens (including phenoxy) is 1. The lowest BCUT2D eigenvalue weighted by Crippen LogP contribution is -2.31. The highest BCUT2D eigenvalue weighted by Crippen LogP contribution is 2.26. The molecule has 3 rings (SSSR count). The minimum absolute atomic E-state index is 0.132. The van der Waals surface area contributed by atoms with E-state index in [1.54, 1.807) is 48.5 Å². The Morgan fingerprint density at radius 2 is 1.57 bits per heavy atom. The van der Waals surface area contributed by atoms with Gasteiger partial charge in [0, 0.05) is 5.69 Å². The predicted molar refractivity (Wildman–Crippen MR) is 119 cm³/mol. The van der Waals surface area contributed by atoms with Crippen molar-refractivity contribution in [2.75, 3.05) is 22.5 Å². The van der Waals surface area contributed by atoms with Gasteiger partial charge in [0.1, 0.15) is 5.75 Å². The van der Waals surface area contributed by atoms with Crippen LogP contribution in [0.1, 0.15) is 22.8 Å². The minimum atomic E-state index is -3.62. The number of nitrogens with zero attached hydrogens (tertiary/aromatic N) is 1. The number of amides is 1. The topological polar surface area (TPSA) is 75.7 Å². The molecule has 0 saturated heterocycles. The highest BCUT2D eigenvalue weighted by Gasteiger charge is 2.23. The summed E-state index contributed by atoms with van der Waals surface area (Å²) >= 11 is 0. The monoisotopic (exact) mass is 424 g/mol. The normalized spacial score (nSPS) is 11.0. The third kappa shape index (κ3) is 5.39. The fourth-order valence-electron chi connectivity index (χ4n) is 3.01. The number of hydrogen-bond donors (Lipinski definition) is 1. The molecule has 30 heavy (non-hydrogen) atoms. The molecule has 0 atom stereocenters. The smallest absolute Gasteiger partial charge is 0.257 e. The number of nitrogens with one attached hydrogen (secondary N) is 1. The van der Waals surface area contributed by atoms with Crippen LogP contribution >= 0.6 is 0 Å². The molecule has 0 aromatic heterocycles. The van der Waals surface area contributed by atoms with E-state index in [-0.39, 0.29) is 12.1 Å². The molecule has 3 aromatic rings. The Balaban J connectivity index is 1.90. The van der Waals surface area contributed by atoms with Gasteiger partial charge < -0.3 is 10.1 Å². The van der Waals surface area contributed by atoms with Crippen LogP contribution in [-0.2, 0) is 16.6 Å². The van der Waals surface area contributed by atoms with E-state index in [9.17, 15) is 13.2 Å². The third-order valence-corrected chi connectivity index (χ3v) is 5.54. The molecule has 0 aliphatic heterocycles. The zero-order chi connectivity index (χ0) is 21.6. The first-order chi connectivity index (χ1) is 14.4. The summed E-state index contributed by atoms with van der Waals surface area (Å²) in [6, 6.07) is 22.9. The number of sulfonamides is 1. The van der Waals surface area contributed by atoms with Crippen LogP contribution in [0.3, 0.4) is 0 Å². The van der Waals surface area contributed by atoms with E-state index in [0.29, 0.717) is 23.7 Å². The summed E-state index contributed by atoms with van der Waals surface area (Å²) in [5, 5.41) is 2.82. The van der Waals surface area contributed by atoms with E-state index >= 15 is 0 Å². The average Bonchev–Trinajstić information content (AvgIpc) is 2.73. The molecule has 156 valence electrons. The zero-order valence-electron chi connectivity index (χ0n) is 16.9. The van der Waals surface area contributed by atoms with Crippen LogP contribution in [-0.4, -0.2) is 27.2 Å². The molecule has 0 saturated carbocycles. The number of benzene rings is 3. The lowest BCUT2D eigenvalue weighted by atomic mass is 10.1. The van der Waals surface area contributed by atoms with Gasteiger partial charge in [-0.15, -0.1) is 0 Å². The molecule has 6 nitrogen and oxygen atoms in total. The Kier molecular flexibility index (Phi) is 6.74. The number of hydrogen-bond acceptors (Lipinski definition) is 4. The first kappa shape index (κ1) is 21.4. The van der Waals surface area contributed by atoms with Crippen molar-refractivity contribution in [2.24, 2.45) is 0 Å². The molecule has 0 spiro atoms. The molecule has 7 heteroatoms. The van der Waals surface area contributed by atoms with E-state index in [1.807, 2.05) is 37.3 Å². The first-order valence-electron chi connectivity index (χ1n) is 9.53. The van der Waals surface area contributed by atoms with Crippen molar-refractivity contribution in [1.29, 1.82) is 0 Å². The van der Waals surface area contributed by atoms with Crippen molar-refractivity contribution in [3.05, 3.63) is 90.0 Å². The second-order valence-electron chi connectivity index (χ2n) is 6.68. The molecule has 0 bridgehead atoms. The van der Waals surface area contributed by atoms with Crippen LogP contribution < -0.4 is 14.4 Å². The fraction of sp³-hybridized carbons (Fsp3) is 0.174. The molecule has 0 radical (unpaired) electrons. The molecular weight excluding hydrogens is 400 g/mol. The van der Waals surface area contributed by atoms with Crippen molar-refractivity contribution >= 4 is 27.3 Å². The van der Waals surface area contributed by atoms with Crippen LogP contribution in [0.4, 0.5) is 11.4 Å². The Labute approximate surface area is 177 Å². The predicted octanol–water partition coefficient (Wildman–Crippen LogP) is 4.30. The van der Waals surface area contributed by atoms with Crippen LogP contribution in [0.5, 0.6) is 5.75 Å². The van der Waals surface area contributed by atoms with Crippen molar-refractivity contribution in [2.45, 2.75) is 13.5 Å². The molecule has 0 aliphatic rings. The zero-order valence-corrected chi connectivity index (χ0v) is 17.7. The van der Waals surface area contributed by atoms with Crippen LogP contribution in [0.2, 0.25) is 0 Å². The first-order valence-corrected chi connectivity index (χ1v) is 11.4. The highest BCUT2D eigenvalue weighted by atomic mass is 32.2. The summed E-state index contributed by atoms with van der Waals surface area (Å²) in [7, 11) is -3.62. The number of anilines is 2. The summed E-state index contributed by atoms with van der Waals surface area (Å²) in [5.41, 5.74) is 2.01. The van der Waals surface area contributed by atoms with Gasteiger partial charge in [-0.05, 0) is 48.9 Å². The molecule has 3 aromatic carbocycles. The fourth-order valence-corrected chi connectivity index (χ4v) is 3.91. The van der Waals surface area contributed by atoms with Gasteiger partial charge in [0.05, 0.1) is 30.7 Å². The Bertz CT molecular complexity index is 1100. The van der Waals surface area contributed by atoms with Crippen molar-refractivity contribution in [3.63, 3.8) is 0 Å². The summed E-state index contributed by atoms with van der Waals surface area (Å²) in [4.78, 5) is 13.0. The quantitative estimate of drug-likeness (QED) is 0.585. The number of carbonyl (C=O) groups excluding carboxylic acids is 1. The van der Waals surface area contributed by atoms with Crippen LogP contribution in [0.25, 0.3) is 0 Å². The summed E-state index contributed by atoms with van der Waals surface area (Å²) in [5.74, 6) is 0.318. The molecule has 0 unspecified atom stereocenters. The van der Waals surface area contributed by atoms with Gasteiger partial charge in [-0.25, -0.2) is 8.42 Å². The number of para-hydroxylation sites is 1. The SMILES string of the molecule is CCOc1ccc(NC(=O)c2ccccc2N(Cc2ccccc2)S(C)(=O)=O)cc1. The highest BCUT2D eigenvalue weighted by molar-refractivity contribution is 7.92. The van der Waals surface area contributed by atoms with Gasteiger partial charge in [0.25, 0.3) is 5.91 Å². The minimum Gasteiger partial charge on any atom is -0.494 e. The average molecular weight is 425 g/mol. The maximum Gasteiger partial charge on any atom is 0.257 e. The van der Waals surface area contributed by atoms with Gasteiger partial charge in [-0.1, -0.05) is 42.5 Å². The van der Waals surface area contributed by atoms with Crippen LogP contribution in [0, 0.1) is 0 Å². The Morgan fingerprint density at radius 3 is 2.20 bits per heavy atom. The van der Waals surface area contributed by atoms with Gasteiger partial charge in [0.15, 0.2) is 0 Å². The van der Waals surface area contributed by atoms with Crippen molar-refractivity contribution < 1.29 is 17.9 Å². The van der Waals surface area contributed by atoms with Crippen LogP contribution in [0.15, 0.2) is 78.9 Å². The summed E-state index contributed by atoms with van der Waals surface area (Å²) in [6.07, 6.45) is 1.14. The van der Waals surface area contributed by atoms with Crippen molar-refractivity contribution in [1.82, 2.24) is 0 Å². The molecule has 1 amide bonds.